The van der Waals surface area contributed by atoms with Crippen LogP contribution in [0.1, 0.15) is 33.6 Å². The van der Waals surface area contributed by atoms with Gasteiger partial charge in [0.1, 0.15) is 5.82 Å². The monoisotopic (exact) mass is 239 g/mol. The lowest BCUT2D eigenvalue weighted by Gasteiger charge is -2.15. The molecule has 1 heterocycles. The molecule has 1 aromatic heterocycles. The molecule has 2 aromatic rings. The van der Waals surface area contributed by atoms with Crippen molar-refractivity contribution in [2.75, 3.05) is 0 Å². The highest BCUT2D eigenvalue weighted by molar-refractivity contribution is 5.50. The number of aryl methyl sites for hydroxylation is 3. The Hall–Kier alpha value is -2.08. The van der Waals surface area contributed by atoms with Crippen LogP contribution in [-0.4, -0.2) is 9.55 Å². The number of benzene rings is 1. The normalized spacial score (nSPS) is 10.4. The second-order valence-electron chi connectivity index (χ2n) is 4.70. The molecule has 0 fully saturated rings. The zero-order valence-corrected chi connectivity index (χ0v) is 11.3. The average Bonchev–Trinajstić information content (AvgIpc) is 2.70. The first-order chi connectivity index (χ1) is 8.54. The molecule has 0 aliphatic carbocycles. The molecule has 0 spiro atoms. The molecule has 3 nitrogen and oxygen atoms in total. The van der Waals surface area contributed by atoms with Crippen molar-refractivity contribution < 1.29 is 0 Å². The summed E-state index contributed by atoms with van der Waals surface area (Å²) in [6, 6.07) is 4.39. The molecule has 18 heavy (non-hydrogen) atoms. The van der Waals surface area contributed by atoms with Crippen LogP contribution in [0.15, 0.2) is 18.5 Å². The van der Waals surface area contributed by atoms with Crippen LogP contribution >= 0.6 is 0 Å². The fourth-order valence-corrected chi connectivity index (χ4v) is 2.38. The number of hydrogen-bond donors (Lipinski definition) is 0. The van der Waals surface area contributed by atoms with Crippen LogP contribution in [0, 0.1) is 39.0 Å². The molecular formula is C15H17N3. The molecule has 92 valence electrons. The maximum Gasteiger partial charge on any atom is 0.105 e. The fourth-order valence-electron chi connectivity index (χ4n) is 2.38. The highest BCUT2D eigenvalue weighted by Crippen LogP contribution is 2.22. The molecule has 0 atom stereocenters. The lowest BCUT2D eigenvalue weighted by atomic mass is 9.94. The maximum atomic E-state index is 9.23. The molecule has 1 aromatic carbocycles. The van der Waals surface area contributed by atoms with Crippen molar-refractivity contribution in [1.82, 2.24) is 9.55 Å². The summed E-state index contributed by atoms with van der Waals surface area (Å²) >= 11 is 0. The van der Waals surface area contributed by atoms with Gasteiger partial charge in [-0.05, 0) is 49.9 Å². The third-order valence-electron chi connectivity index (χ3n) is 3.49. The number of nitrogens with zero attached hydrogens (tertiary/aromatic N) is 3. The molecule has 0 radical (unpaired) electrons. The lowest BCUT2D eigenvalue weighted by Crippen LogP contribution is -2.06. The quantitative estimate of drug-likeness (QED) is 0.808. The van der Waals surface area contributed by atoms with Crippen LogP contribution in [0.25, 0.3) is 0 Å². The molecule has 0 unspecified atom stereocenters. The van der Waals surface area contributed by atoms with Crippen molar-refractivity contribution in [2.45, 2.75) is 34.2 Å². The van der Waals surface area contributed by atoms with Gasteiger partial charge in [0.05, 0.1) is 11.6 Å². The highest BCUT2D eigenvalue weighted by atomic mass is 15.0. The molecule has 0 saturated carbocycles. The van der Waals surface area contributed by atoms with Gasteiger partial charge in [-0.25, -0.2) is 4.98 Å². The van der Waals surface area contributed by atoms with E-state index in [-0.39, 0.29) is 0 Å². The standard InChI is InChI=1S/C15H17N3/c1-10-7-11(2)15(12(3)14(10)8-16)9-18-6-5-17-13(18)4/h5-7H,9H2,1-4H3. The van der Waals surface area contributed by atoms with Crippen LogP contribution in [0.4, 0.5) is 0 Å². The Balaban J connectivity index is 2.52. The van der Waals surface area contributed by atoms with E-state index in [0.717, 1.165) is 29.1 Å². The van der Waals surface area contributed by atoms with E-state index in [1.165, 1.54) is 11.1 Å². The van der Waals surface area contributed by atoms with E-state index in [1.54, 1.807) is 6.20 Å². The van der Waals surface area contributed by atoms with Gasteiger partial charge in [-0.3, -0.25) is 0 Å². The van der Waals surface area contributed by atoms with Crippen molar-refractivity contribution in [3.05, 3.63) is 52.1 Å². The third-order valence-corrected chi connectivity index (χ3v) is 3.49. The van der Waals surface area contributed by atoms with E-state index < -0.39 is 0 Å². The fraction of sp³-hybridized carbons (Fsp3) is 0.333. The molecule has 0 aliphatic heterocycles. The van der Waals surface area contributed by atoms with E-state index in [4.69, 9.17) is 0 Å². The van der Waals surface area contributed by atoms with Gasteiger partial charge in [-0.2, -0.15) is 5.26 Å². The number of rotatable bonds is 2. The average molecular weight is 239 g/mol. The first kappa shape index (κ1) is 12.4. The number of imidazole rings is 1. The van der Waals surface area contributed by atoms with Gasteiger partial charge in [0.15, 0.2) is 0 Å². The van der Waals surface area contributed by atoms with Crippen LogP contribution in [0.5, 0.6) is 0 Å². The van der Waals surface area contributed by atoms with Crippen LogP contribution < -0.4 is 0 Å². The minimum atomic E-state index is 0.776. The van der Waals surface area contributed by atoms with Crippen LogP contribution in [-0.2, 0) is 6.54 Å². The predicted octanol–water partition coefficient (Wildman–Crippen LogP) is 3.04. The number of aromatic nitrogens is 2. The molecule has 2 rings (SSSR count). The summed E-state index contributed by atoms with van der Waals surface area (Å²) in [5.41, 5.74) is 5.39. The summed E-state index contributed by atoms with van der Waals surface area (Å²) in [6.45, 7) is 8.89. The lowest BCUT2D eigenvalue weighted by molar-refractivity contribution is 0.752. The second kappa shape index (κ2) is 4.66. The van der Waals surface area contributed by atoms with Crippen molar-refractivity contribution >= 4 is 0 Å². The Morgan fingerprint density at radius 1 is 1.22 bits per heavy atom. The number of hydrogen-bond acceptors (Lipinski definition) is 2. The van der Waals surface area contributed by atoms with Gasteiger partial charge < -0.3 is 4.57 Å². The van der Waals surface area contributed by atoms with Crippen molar-refractivity contribution in [3.8, 4) is 6.07 Å². The minimum absolute atomic E-state index is 0.776. The summed E-state index contributed by atoms with van der Waals surface area (Å²) in [6.07, 6.45) is 3.78. The topological polar surface area (TPSA) is 41.6 Å². The van der Waals surface area contributed by atoms with Gasteiger partial charge in [0.2, 0.25) is 0 Å². The molecule has 0 aliphatic rings. The van der Waals surface area contributed by atoms with Crippen molar-refractivity contribution in [1.29, 1.82) is 5.26 Å². The Bertz CT molecular complexity index is 630. The number of nitriles is 1. The largest absolute Gasteiger partial charge is 0.331 e. The SMILES string of the molecule is Cc1cc(C)c(Cn2ccnc2C)c(C)c1C#N. The van der Waals surface area contributed by atoms with Crippen molar-refractivity contribution in [3.63, 3.8) is 0 Å². The van der Waals surface area contributed by atoms with Gasteiger partial charge >= 0.3 is 0 Å². The molecule has 0 N–H and O–H groups in total. The van der Waals surface area contributed by atoms with E-state index in [1.807, 2.05) is 27.0 Å². The van der Waals surface area contributed by atoms with E-state index in [0.29, 0.717) is 0 Å². The smallest absolute Gasteiger partial charge is 0.105 e. The van der Waals surface area contributed by atoms with Gasteiger partial charge in [0, 0.05) is 18.9 Å². The van der Waals surface area contributed by atoms with Gasteiger partial charge in [-0.15, -0.1) is 0 Å². The highest BCUT2D eigenvalue weighted by Gasteiger charge is 2.11. The molecule has 3 heteroatoms. The summed E-state index contributed by atoms with van der Waals surface area (Å²) < 4.78 is 2.10. The van der Waals surface area contributed by atoms with Crippen LogP contribution in [0.3, 0.4) is 0 Å². The summed E-state index contributed by atoms with van der Waals surface area (Å²) in [4.78, 5) is 4.23. The van der Waals surface area contributed by atoms with E-state index >= 15 is 0 Å². The second-order valence-corrected chi connectivity index (χ2v) is 4.70. The Kier molecular flexibility index (Phi) is 3.20. The zero-order chi connectivity index (χ0) is 13.3. The zero-order valence-electron chi connectivity index (χ0n) is 11.3. The summed E-state index contributed by atoms with van der Waals surface area (Å²) in [5, 5.41) is 9.23. The Morgan fingerprint density at radius 3 is 2.50 bits per heavy atom. The van der Waals surface area contributed by atoms with Gasteiger partial charge in [0.25, 0.3) is 0 Å². The van der Waals surface area contributed by atoms with E-state index in [9.17, 15) is 5.26 Å². The van der Waals surface area contributed by atoms with Crippen molar-refractivity contribution in [2.24, 2.45) is 0 Å². The predicted molar refractivity (Wildman–Crippen MR) is 71.4 cm³/mol. The van der Waals surface area contributed by atoms with Crippen LogP contribution in [0.2, 0.25) is 0 Å². The summed E-state index contributed by atoms with van der Waals surface area (Å²) in [5.74, 6) is 0.993. The Labute approximate surface area is 108 Å². The Morgan fingerprint density at radius 2 is 1.94 bits per heavy atom. The minimum Gasteiger partial charge on any atom is -0.331 e. The molecule has 0 saturated heterocycles. The summed E-state index contributed by atoms with van der Waals surface area (Å²) in [7, 11) is 0. The third kappa shape index (κ3) is 2.02. The van der Waals surface area contributed by atoms with E-state index in [2.05, 4.69) is 28.6 Å². The first-order valence-corrected chi connectivity index (χ1v) is 6.02. The van der Waals surface area contributed by atoms with Gasteiger partial charge in [-0.1, -0.05) is 6.07 Å². The first-order valence-electron chi connectivity index (χ1n) is 6.02. The molecule has 0 amide bonds. The maximum absolute atomic E-state index is 9.23. The molecule has 0 bridgehead atoms. The molecular weight excluding hydrogens is 222 g/mol.